The second kappa shape index (κ2) is 11.1. The first-order valence-electron chi connectivity index (χ1n) is 12.1. The lowest BCUT2D eigenvalue weighted by Gasteiger charge is -2.37. The van der Waals surface area contributed by atoms with Crippen molar-refractivity contribution in [1.29, 1.82) is 5.26 Å². The van der Waals surface area contributed by atoms with Gasteiger partial charge in [-0.1, -0.05) is 26.0 Å². The molecule has 0 radical (unpaired) electrons. The van der Waals surface area contributed by atoms with Crippen LogP contribution >= 0.6 is 0 Å². The van der Waals surface area contributed by atoms with Gasteiger partial charge in [-0.25, -0.2) is 0 Å². The number of hydrogen-bond acceptors (Lipinski definition) is 7. The number of rotatable bonds is 3. The highest BCUT2D eigenvalue weighted by atomic mass is 19.4. The molecule has 0 aromatic carbocycles. The van der Waals surface area contributed by atoms with Gasteiger partial charge in [0.2, 0.25) is 17.7 Å². The van der Waals surface area contributed by atoms with Crippen molar-refractivity contribution in [1.82, 2.24) is 20.9 Å². The lowest BCUT2D eigenvalue weighted by atomic mass is 9.80. The van der Waals surface area contributed by atoms with E-state index < -0.39 is 72.3 Å². The summed E-state index contributed by atoms with van der Waals surface area (Å²) >= 11 is 0. The average molecular weight is 528 g/mol. The van der Waals surface area contributed by atoms with E-state index in [-0.39, 0.29) is 31.3 Å². The van der Waals surface area contributed by atoms with E-state index in [0.29, 0.717) is 6.42 Å². The zero-order chi connectivity index (χ0) is 27.5. The first-order valence-corrected chi connectivity index (χ1v) is 12.1. The van der Waals surface area contributed by atoms with Crippen LogP contribution < -0.4 is 16.0 Å². The molecule has 10 nitrogen and oxygen atoms in total. The summed E-state index contributed by atoms with van der Waals surface area (Å²) in [4.78, 5) is 52.0. The predicted molar refractivity (Wildman–Crippen MR) is 123 cm³/mol. The predicted octanol–water partition coefficient (Wildman–Crippen LogP) is 0.786. The first kappa shape index (κ1) is 28.4. The first-order chi connectivity index (χ1) is 17.3. The smallest absolute Gasteiger partial charge is 0.393 e. The Morgan fingerprint density at radius 3 is 2.54 bits per heavy atom. The molecule has 0 aliphatic carbocycles. The third-order valence-electron chi connectivity index (χ3n) is 7.30. The molecule has 3 aliphatic rings. The summed E-state index contributed by atoms with van der Waals surface area (Å²) in [5.74, 6) is -5.08. The number of fused-ring (bicyclic) bond motifs is 3. The average Bonchev–Trinajstić information content (AvgIpc) is 3.41. The molecular formula is C24H32F3N5O5. The fourth-order valence-electron chi connectivity index (χ4n) is 5.14. The van der Waals surface area contributed by atoms with Crippen LogP contribution in [0.4, 0.5) is 13.2 Å². The van der Waals surface area contributed by atoms with Gasteiger partial charge < -0.3 is 20.3 Å². The molecule has 2 saturated heterocycles. The number of halogens is 3. The van der Waals surface area contributed by atoms with Crippen LogP contribution in [-0.2, 0) is 23.9 Å². The van der Waals surface area contributed by atoms with Crippen molar-refractivity contribution in [2.75, 3.05) is 20.2 Å². The number of methoxy groups -OCH3 is 1. The summed E-state index contributed by atoms with van der Waals surface area (Å²) in [5, 5.41) is 17.7. The molecule has 0 aromatic rings. The van der Waals surface area contributed by atoms with Gasteiger partial charge in [0.15, 0.2) is 0 Å². The van der Waals surface area contributed by atoms with E-state index in [1.807, 2.05) is 6.07 Å². The van der Waals surface area contributed by atoms with E-state index in [1.54, 1.807) is 26.0 Å². The second-order valence-electron chi connectivity index (χ2n) is 10.5. The van der Waals surface area contributed by atoms with Crippen LogP contribution in [0.15, 0.2) is 12.2 Å². The van der Waals surface area contributed by atoms with E-state index in [4.69, 9.17) is 0 Å². The van der Waals surface area contributed by atoms with Gasteiger partial charge in [-0.3, -0.25) is 24.5 Å². The molecule has 3 N–H and O–H groups in total. The molecule has 2 bridgehead atoms. The molecule has 37 heavy (non-hydrogen) atoms. The summed E-state index contributed by atoms with van der Waals surface area (Å²) in [6.45, 7) is 2.34. The minimum Gasteiger partial charge on any atom is -0.468 e. The molecule has 0 unspecified atom stereocenters. The van der Waals surface area contributed by atoms with Gasteiger partial charge in [0.05, 0.1) is 31.7 Å². The van der Waals surface area contributed by atoms with Gasteiger partial charge in [0.1, 0.15) is 12.1 Å². The number of alkyl halides is 3. The molecule has 204 valence electrons. The Bertz CT molecular complexity index is 992. The Morgan fingerprint density at radius 2 is 1.92 bits per heavy atom. The fraction of sp³-hybridized carbons (Fsp3) is 0.708. The Morgan fingerprint density at radius 1 is 1.22 bits per heavy atom. The monoisotopic (exact) mass is 527 g/mol. The molecule has 13 heteroatoms. The lowest BCUT2D eigenvalue weighted by Crippen LogP contribution is -2.58. The maximum atomic E-state index is 13.7. The van der Waals surface area contributed by atoms with E-state index >= 15 is 0 Å². The van der Waals surface area contributed by atoms with Gasteiger partial charge in [0, 0.05) is 18.5 Å². The Hall–Kier alpha value is -3.14. The third-order valence-corrected chi connectivity index (χ3v) is 7.30. The van der Waals surface area contributed by atoms with Crippen molar-refractivity contribution in [3.8, 4) is 6.07 Å². The minimum atomic E-state index is -4.65. The fourth-order valence-corrected chi connectivity index (χ4v) is 5.14. The highest BCUT2D eigenvalue weighted by Gasteiger charge is 2.53. The van der Waals surface area contributed by atoms with Crippen molar-refractivity contribution < 1.29 is 37.1 Å². The van der Waals surface area contributed by atoms with Gasteiger partial charge >= 0.3 is 12.1 Å². The lowest BCUT2D eigenvalue weighted by molar-refractivity contribution is -0.171. The minimum absolute atomic E-state index is 0.00339. The maximum Gasteiger partial charge on any atom is 0.393 e. The zero-order valence-corrected chi connectivity index (χ0v) is 20.9. The molecule has 3 rings (SSSR count). The van der Waals surface area contributed by atoms with Crippen LogP contribution in [0.1, 0.15) is 39.5 Å². The molecule has 0 spiro atoms. The molecule has 6 atom stereocenters. The van der Waals surface area contributed by atoms with Crippen LogP contribution in [-0.4, -0.2) is 79.1 Å². The van der Waals surface area contributed by atoms with Gasteiger partial charge in [0.25, 0.3) is 0 Å². The number of esters is 1. The van der Waals surface area contributed by atoms with Crippen molar-refractivity contribution >= 4 is 23.7 Å². The number of ether oxygens (including phenoxy) is 1. The zero-order valence-electron chi connectivity index (χ0n) is 20.9. The number of hydrogen-bond donors (Lipinski definition) is 3. The van der Waals surface area contributed by atoms with Gasteiger partial charge in [-0.2, -0.15) is 18.4 Å². The Labute approximate surface area is 212 Å². The summed E-state index contributed by atoms with van der Waals surface area (Å²) < 4.78 is 45.7. The summed E-state index contributed by atoms with van der Waals surface area (Å²) in [6, 6.07) is -2.13. The highest BCUT2D eigenvalue weighted by Crippen LogP contribution is 2.38. The molecule has 3 heterocycles. The van der Waals surface area contributed by atoms with E-state index in [2.05, 4.69) is 20.7 Å². The number of nitrogens with zero attached hydrogens (tertiary/aromatic N) is 2. The number of nitrogens with one attached hydrogen (secondary N) is 3. The molecule has 0 aromatic heterocycles. The molecular weight excluding hydrogens is 495 g/mol. The number of allylic oxidation sites excluding steroid dienone is 1. The Balaban J connectivity index is 2.01. The van der Waals surface area contributed by atoms with Crippen LogP contribution in [0.25, 0.3) is 0 Å². The number of nitriles is 1. The topological polar surface area (TPSA) is 141 Å². The highest BCUT2D eigenvalue weighted by molar-refractivity contribution is 5.91. The van der Waals surface area contributed by atoms with E-state index in [1.165, 1.54) is 7.11 Å². The van der Waals surface area contributed by atoms with Crippen molar-refractivity contribution in [2.24, 2.45) is 17.3 Å². The quantitative estimate of drug-likeness (QED) is 0.364. The second-order valence-corrected chi connectivity index (χ2v) is 10.5. The standard InChI is InChI=1S/C24H32F3N5O5/c1-23(2)6-4-5-15-7-13(20(34)30-15)8-16(10-28)31-21(35)17-9-14(24(25,26)27)12-32(17)22(36)19(23)29-11-18(33)37-3/h4-5,13-17,19,29H,6-9,11-12H2,1-3H3,(H,30,34)(H,31,35)/b5-4+/t13-,14+,15+,16-,17-,19+/m0/s1. The van der Waals surface area contributed by atoms with Crippen molar-refractivity contribution in [3.05, 3.63) is 12.2 Å². The molecule has 3 amide bonds. The largest absolute Gasteiger partial charge is 0.468 e. The summed E-state index contributed by atoms with van der Waals surface area (Å²) in [5.41, 5.74) is -0.906. The summed E-state index contributed by atoms with van der Waals surface area (Å²) in [6.07, 6.45) is -1.09. The molecule has 2 fully saturated rings. The number of carbonyl (C=O) groups is 4. The van der Waals surface area contributed by atoms with Gasteiger partial charge in [-0.05, 0) is 31.1 Å². The van der Waals surface area contributed by atoms with Crippen LogP contribution in [0.5, 0.6) is 0 Å². The molecule has 3 aliphatic heterocycles. The normalized spacial score (nSPS) is 33.3. The van der Waals surface area contributed by atoms with E-state index in [9.17, 15) is 37.6 Å². The van der Waals surface area contributed by atoms with Crippen LogP contribution in [0, 0.1) is 28.6 Å². The van der Waals surface area contributed by atoms with Gasteiger partial charge in [-0.15, -0.1) is 0 Å². The maximum absolute atomic E-state index is 13.7. The number of carbonyl (C=O) groups excluding carboxylic acids is 4. The van der Waals surface area contributed by atoms with E-state index in [0.717, 1.165) is 4.90 Å². The van der Waals surface area contributed by atoms with Crippen molar-refractivity contribution in [3.63, 3.8) is 0 Å². The third kappa shape index (κ3) is 6.60. The molecule has 0 saturated carbocycles. The van der Waals surface area contributed by atoms with Crippen molar-refractivity contribution in [2.45, 2.75) is 69.9 Å². The van der Waals surface area contributed by atoms with Crippen LogP contribution in [0.2, 0.25) is 0 Å². The SMILES string of the molecule is COC(=O)CN[C@@H]1C(=O)N2C[C@H](C(F)(F)F)C[C@H]2C(=O)N[C@H](C#N)C[C@@H]2C[C@@H](/C=C/CC1(C)C)NC2=O. The van der Waals surface area contributed by atoms with Crippen LogP contribution in [0.3, 0.4) is 0 Å². The Kier molecular flexibility index (Phi) is 8.52. The number of amides is 3. The summed E-state index contributed by atoms with van der Waals surface area (Å²) in [7, 11) is 1.17.